The lowest BCUT2D eigenvalue weighted by molar-refractivity contribution is 0.153. The summed E-state index contributed by atoms with van der Waals surface area (Å²) < 4.78 is 0. The fraction of sp³-hybridized carbons (Fsp3) is 0.556. The summed E-state index contributed by atoms with van der Waals surface area (Å²) in [5.74, 6) is 0. The fourth-order valence-electron chi connectivity index (χ4n) is 3.42. The van der Waals surface area contributed by atoms with Gasteiger partial charge in [-0.05, 0) is 51.4 Å². The summed E-state index contributed by atoms with van der Waals surface area (Å²) in [7, 11) is 2.22. The normalized spacial score (nSPS) is 17.7. The maximum absolute atomic E-state index is 3.57. The molecular formula is C18H27N3. The van der Waals surface area contributed by atoms with Crippen LogP contribution >= 0.6 is 0 Å². The van der Waals surface area contributed by atoms with Crippen LogP contribution in [0.2, 0.25) is 0 Å². The summed E-state index contributed by atoms with van der Waals surface area (Å²) in [6, 6.07) is 6.62. The van der Waals surface area contributed by atoms with E-state index in [1.54, 1.807) is 0 Å². The highest BCUT2D eigenvalue weighted by atomic mass is 15.2. The van der Waals surface area contributed by atoms with Crippen molar-refractivity contribution in [3.8, 4) is 0 Å². The Bertz CT molecular complexity index is 606. The first-order valence-electron chi connectivity index (χ1n) is 8.13. The van der Waals surface area contributed by atoms with Crippen LogP contribution < -0.4 is 0 Å². The second-order valence-corrected chi connectivity index (χ2v) is 6.47. The van der Waals surface area contributed by atoms with Crippen LogP contribution in [0.3, 0.4) is 0 Å². The Hall–Kier alpha value is -1.32. The number of rotatable bonds is 4. The van der Waals surface area contributed by atoms with Crippen LogP contribution in [0.5, 0.6) is 0 Å². The first-order chi connectivity index (χ1) is 10.1. The molecular weight excluding hydrogens is 258 g/mol. The highest BCUT2D eigenvalue weighted by Gasteiger charge is 2.14. The Morgan fingerprint density at radius 2 is 1.86 bits per heavy atom. The lowest BCUT2D eigenvalue weighted by atomic mass is 10.0. The van der Waals surface area contributed by atoms with Gasteiger partial charge >= 0.3 is 0 Å². The van der Waals surface area contributed by atoms with Crippen LogP contribution in [0.25, 0.3) is 10.9 Å². The number of fused-ring (bicyclic) bond motifs is 1. The van der Waals surface area contributed by atoms with Crippen molar-refractivity contribution >= 4 is 10.9 Å². The topological polar surface area (TPSA) is 22.3 Å². The Kier molecular flexibility index (Phi) is 4.32. The second kappa shape index (κ2) is 6.20. The minimum Gasteiger partial charge on any atom is -0.358 e. The van der Waals surface area contributed by atoms with Crippen LogP contribution in [0, 0.1) is 13.8 Å². The van der Waals surface area contributed by atoms with E-state index in [0.29, 0.717) is 0 Å². The van der Waals surface area contributed by atoms with Gasteiger partial charge in [-0.2, -0.15) is 0 Å². The number of aromatic amines is 1. The number of aryl methyl sites for hydroxylation is 3. The first kappa shape index (κ1) is 14.6. The zero-order valence-corrected chi connectivity index (χ0v) is 13.6. The van der Waals surface area contributed by atoms with Crippen molar-refractivity contribution < 1.29 is 0 Å². The van der Waals surface area contributed by atoms with E-state index < -0.39 is 0 Å². The molecule has 1 fully saturated rings. The number of aromatic nitrogens is 1. The molecule has 1 N–H and O–H groups in total. The standard InChI is InChI=1S/C18H27N3/c1-14-6-4-7-17-16(15(2)19-18(14)17)8-5-9-21-12-10-20(3)11-13-21/h4,6-7,19H,5,8-13H2,1-3H3. The molecule has 0 bridgehead atoms. The average Bonchev–Trinajstić information content (AvgIpc) is 2.79. The molecule has 1 aromatic heterocycles. The summed E-state index contributed by atoms with van der Waals surface area (Å²) in [6.45, 7) is 10.5. The van der Waals surface area contributed by atoms with Gasteiger partial charge in [0, 0.05) is 42.8 Å². The van der Waals surface area contributed by atoms with Gasteiger partial charge in [0.05, 0.1) is 0 Å². The number of nitrogens with zero attached hydrogens (tertiary/aromatic N) is 2. The number of H-pyrrole nitrogens is 1. The Morgan fingerprint density at radius 3 is 2.62 bits per heavy atom. The smallest absolute Gasteiger partial charge is 0.0488 e. The van der Waals surface area contributed by atoms with Gasteiger partial charge in [0.2, 0.25) is 0 Å². The number of nitrogens with one attached hydrogen (secondary N) is 1. The number of likely N-dealkylation sites (N-methyl/N-ethyl adjacent to an activating group) is 1. The molecule has 3 heteroatoms. The summed E-state index contributed by atoms with van der Waals surface area (Å²) in [6.07, 6.45) is 2.44. The Morgan fingerprint density at radius 1 is 1.10 bits per heavy atom. The molecule has 114 valence electrons. The van der Waals surface area contributed by atoms with Crippen molar-refractivity contribution in [1.29, 1.82) is 0 Å². The number of hydrogen-bond acceptors (Lipinski definition) is 2. The van der Waals surface area contributed by atoms with E-state index in [9.17, 15) is 0 Å². The molecule has 0 radical (unpaired) electrons. The molecule has 3 nitrogen and oxygen atoms in total. The van der Waals surface area contributed by atoms with Gasteiger partial charge in [0.15, 0.2) is 0 Å². The summed E-state index contributed by atoms with van der Waals surface area (Å²) in [4.78, 5) is 8.60. The number of benzene rings is 1. The molecule has 3 rings (SSSR count). The lowest BCUT2D eigenvalue weighted by Gasteiger charge is -2.32. The third-order valence-electron chi connectivity index (χ3n) is 4.86. The molecule has 1 aliphatic heterocycles. The van der Waals surface area contributed by atoms with Crippen LogP contribution in [-0.4, -0.2) is 54.6 Å². The highest BCUT2D eigenvalue weighted by molar-refractivity contribution is 5.87. The van der Waals surface area contributed by atoms with Gasteiger partial charge in [-0.1, -0.05) is 18.2 Å². The lowest BCUT2D eigenvalue weighted by Crippen LogP contribution is -2.44. The molecule has 21 heavy (non-hydrogen) atoms. The van der Waals surface area contributed by atoms with Gasteiger partial charge < -0.3 is 14.8 Å². The van der Waals surface area contributed by atoms with Crippen molar-refractivity contribution in [3.05, 3.63) is 35.0 Å². The second-order valence-electron chi connectivity index (χ2n) is 6.47. The average molecular weight is 285 g/mol. The molecule has 0 atom stereocenters. The van der Waals surface area contributed by atoms with Crippen molar-refractivity contribution in [1.82, 2.24) is 14.8 Å². The molecule has 0 unspecified atom stereocenters. The van der Waals surface area contributed by atoms with Gasteiger partial charge in [0.25, 0.3) is 0 Å². The molecule has 1 aliphatic rings. The van der Waals surface area contributed by atoms with Gasteiger partial charge in [-0.3, -0.25) is 0 Å². The number of para-hydroxylation sites is 1. The quantitative estimate of drug-likeness (QED) is 0.933. The minimum atomic E-state index is 1.18. The summed E-state index contributed by atoms with van der Waals surface area (Å²) >= 11 is 0. The maximum atomic E-state index is 3.57. The third kappa shape index (κ3) is 3.14. The molecule has 0 amide bonds. The molecule has 2 aromatic rings. The molecule has 0 saturated carbocycles. The zero-order chi connectivity index (χ0) is 14.8. The van der Waals surface area contributed by atoms with Gasteiger partial charge in [-0.25, -0.2) is 0 Å². The number of piperazine rings is 1. The molecule has 1 saturated heterocycles. The van der Waals surface area contributed by atoms with Crippen molar-refractivity contribution in [3.63, 3.8) is 0 Å². The van der Waals surface area contributed by atoms with E-state index in [0.717, 1.165) is 0 Å². The van der Waals surface area contributed by atoms with Gasteiger partial charge in [0.1, 0.15) is 0 Å². The van der Waals surface area contributed by atoms with E-state index in [2.05, 4.69) is 53.9 Å². The fourth-order valence-corrected chi connectivity index (χ4v) is 3.42. The van der Waals surface area contributed by atoms with E-state index in [-0.39, 0.29) is 0 Å². The SMILES string of the molecule is Cc1[nH]c2c(C)cccc2c1CCCN1CCN(C)CC1. The van der Waals surface area contributed by atoms with Crippen LogP contribution in [-0.2, 0) is 6.42 Å². The van der Waals surface area contributed by atoms with Crippen molar-refractivity contribution in [2.45, 2.75) is 26.7 Å². The van der Waals surface area contributed by atoms with Crippen LogP contribution in [0.1, 0.15) is 23.2 Å². The van der Waals surface area contributed by atoms with E-state index in [1.165, 1.54) is 73.3 Å². The minimum absolute atomic E-state index is 1.18. The van der Waals surface area contributed by atoms with Crippen molar-refractivity contribution in [2.75, 3.05) is 39.8 Å². The predicted octanol–water partition coefficient (Wildman–Crippen LogP) is 2.96. The first-order valence-corrected chi connectivity index (χ1v) is 8.13. The number of hydrogen-bond donors (Lipinski definition) is 1. The third-order valence-corrected chi connectivity index (χ3v) is 4.86. The molecule has 0 aliphatic carbocycles. The zero-order valence-electron chi connectivity index (χ0n) is 13.6. The van der Waals surface area contributed by atoms with Crippen LogP contribution in [0.15, 0.2) is 18.2 Å². The summed E-state index contributed by atoms with van der Waals surface area (Å²) in [5.41, 5.74) is 5.53. The highest BCUT2D eigenvalue weighted by Crippen LogP contribution is 2.25. The monoisotopic (exact) mass is 285 g/mol. The molecule has 0 spiro atoms. The van der Waals surface area contributed by atoms with E-state index >= 15 is 0 Å². The molecule has 2 heterocycles. The Balaban J connectivity index is 1.63. The Labute approximate surface area is 127 Å². The maximum Gasteiger partial charge on any atom is 0.0488 e. The van der Waals surface area contributed by atoms with Crippen molar-refractivity contribution in [2.24, 2.45) is 0 Å². The van der Waals surface area contributed by atoms with Crippen LogP contribution in [0.4, 0.5) is 0 Å². The largest absolute Gasteiger partial charge is 0.358 e. The molecule has 1 aromatic carbocycles. The predicted molar refractivity (Wildman–Crippen MR) is 90.0 cm³/mol. The van der Waals surface area contributed by atoms with E-state index in [4.69, 9.17) is 0 Å². The van der Waals surface area contributed by atoms with Gasteiger partial charge in [-0.15, -0.1) is 0 Å². The van der Waals surface area contributed by atoms with E-state index in [1.807, 2.05) is 0 Å². The summed E-state index contributed by atoms with van der Waals surface area (Å²) in [5, 5.41) is 1.42.